The second-order valence-corrected chi connectivity index (χ2v) is 9.13. The molecule has 32 heavy (non-hydrogen) atoms. The zero-order valence-corrected chi connectivity index (χ0v) is 18.2. The van der Waals surface area contributed by atoms with E-state index in [0.29, 0.717) is 22.2 Å². The van der Waals surface area contributed by atoms with Crippen LogP contribution in [-0.2, 0) is 31.7 Å². The van der Waals surface area contributed by atoms with Crippen LogP contribution in [0.15, 0.2) is 57.7 Å². The molecule has 0 radical (unpaired) electrons. The summed E-state index contributed by atoms with van der Waals surface area (Å²) in [7, 11) is -3.25. The Labute approximate surface area is 183 Å². The lowest BCUT2D eigenvalue weighted by atomic mass is 10.1. The number of ether oxygens (including phenoxy) is 2. The smallest absolute Gasteiger partial charge is 0.411 e. The molecule has 0 fully saturated rings. The molecule has 9 nitrogen and oxygen atoms in total. The topological polar surface area (TPSA) is 129 Å². The van der Waals surface area contributed by atoms with Crippen molar-refractivity contribution in [2.45, 2.75) is 19.3 Å². The van der Waals surface area contributed by atoms with Crippen molar-refractivity contribution in [3.8, 4) is 0 Å². The molecule has 0 aliphatic rings. The van der Waals surface area contributed by atoms with E-state index in [1.54, 1.807) is 31.2 Å². The normalized spacial score (nSPS) is 11.2. The third kappa shape index (κ3) is 6.17. The molecule has 2 aromatic carbocycles. The van der Waals surface area contributed by atoms with Gasteiger partial charge in [0.2, 0.25) is 0 Å². The predicted octanol–water partition coefficient (Wildman–Crippen LogP) is 3.26. The SMILES string of the molecule is CCOC(=O)Nc1ccc2c(COC(=O)c3cccc(CS(C)(=O)=O)c3)cc(=O)oc2c1. The van der Waals surface area contributed by atoms with Crippen molar-refractivity contribution < 1.29 is 31.9 Å². The summed E-state index contributed by atoms with van der Waals surface area (Å²) in [4.78, 5) is 36.0. The molecule has 0 saturated heterocycles. The largest absolute Gasteiger partial charge is 0.457 e. The first-order valence-corrected chi connectivity index (χ1v) is 11.6. The number of benzene rings is 2. The fraction of sp³-hybridized carbons (Fsp3) is 0.227. The highest BCUT2D eigenvalue weighted by Gasteiger charge is 2.13. The van der Waals surface area contributed by atoms with Gasteiger partial charge < -0.3 is 13.9 Å². The summed E-state index contributed by atoms with van der Waals surface area (Å²) in [5.41, 5.74) is 1.00. The maximum Gasteiger partial charge on any atom is 0.411 e. The Morgan fingerprint density at radius 1 is 1.06 bits per heavy atom. The lowest BCUT2D eigenvalue weighted by Crippen LogP contribution is -2.13. The van der Waals surface area contributed by atoms with Gasteiger partial charge in [-0.1, -0.05) is 12.1 Å². The van der Waals surface area contributed by atoms with Crippen molar-refractivity contribution in [3.05, 3.63) is 75.6 Å². The molecule has 3 rings (SSSR count). The Morgan fingerprint density at radius 2 is 1.84 bits per heavy atom. The number of esters is 1. The number of rotatable bonds is 7. The molecule has 0 aliphatic carbocycles. The van der Waals surface area contributed by atoms with Crippen molar-refractivity contribution in [2.24, 2.45) is 0 Å². The maximum absolute atomic E-state index is 12.5. The second kappa shape index (κ2) is 9.65. The van der Waals surface area contributed by atoms with E-state index in [4.69, 9.17) is 13.9 Å². The molecule has 0 unspecified atom stereocenters. The Kier molecular flexibility index (Phi) is 6.94. The monoisotopic (exact) mass is 459 g/mol. The molecule has 10 heteroatoms. The summed E-state index contributed by atoms with van der Waals surface area (Å²) in [5.74, 6) is -0.858. The van der Waals surface area contributed by atoms with E-state index >= 15 is 0 Å². The molecule has 0 spiro atoms. The van der Waals surface area contributed by atoms with Gasteiger partial charge in [-0.2, -0.15) is 0 Å². The van der Waals surface area contributed by atoms with Gasteiger partial charge in [0.15, 0.2) is 9.84 Å². The van der Waals surface area contributed by atoms with Crippen LogP contribution in [-0.4, -0.2) is 33.3 Å². The number of amides is 1. The van der Waals surface area contributed by atoms with Gasteiger partial charge in [-0.05, 0) is 36.8 Å². The fourth-order valence-electron chi connectivity index (χ4n) is 3.03. The lowest BCUT2D eigenvalue weighted by Gasteiger charge is -2.10. The Bertz CT molecular complexity index is 1330. The summed E-state index contributed by atoms with van der Waals surface area (Å²) in [5, 5.41) is 3.04. The summed E-state index contributed by atoms with van der Waals surface area (Å²) < 4.78 is 38.3. The highest BCUT2D eigenvalue weighted by Crippen LogP contribution is 2.22. The minimum atomic E-state index is -3.25. The number of nitrogens with one attached hydrogen (secondary N) is 1. The van der Waals surface area contributed by atoms with Crippen LogP contribution in [0.4, 0.5) is 10.5 Å². The van der Waals surface area contributed by atoms with E-state index < -0.39 is 27.5 Å². The molecule has 1 N–H and O–H groups in total. The molecular formula is C22H21NO8S. The highest BCUT2D eigenvalue weighted by atomic mass is 32.2. The van der Waals surface area contributed by atoms with E-state index in [1.165, 1.54) is 24.3 Å². The number of fused-ring (bicyclic) bond motifs is 1. The van der Waals surface area contributed by atoms with Crippen LogP contribution in [0, 0.1) is 0 Å². The van der Waals surface area contributed by atoms with E-state index in [0.717, 1.165) is 6.26 Å². The Morgan fingerprint density at radius 3 is 2.56 bits per heavy atom. The summed E-state index contributed by atoms with van der Waals surface area (Å²) in [6.45, 7) is 1.68. The number of sulfone groups is 1. The van der Waals surface area contributed by atoms with Gasteiger partial charge in [-0.15, -0.1) is 0 Å². The standard InChI is InChI=1S/C22H21NO8S/c1-3-29-22(26)23-17-7-8-18-16(10-20(24)31-19(18)11-17)12-30-21(25)15-6-4-5-14(9-15)13-32(2,27)28/h4-11H,3,12-13H2,1-2H3,(H,23,26). The van der Waals surface area contributed by atoms with Crippen LogP contribution < -0.4 is 10.9 Å². The van der Waals surface area contributed by atoms with Gasteiger partial charge in [0.1, 0.15) is 12.2 Å². The molecule has 0 aliphatic heterocycles. The number of hydrogen-bond acceptors (Lipinski definition) is 8. The molecule has 0 bridgehead atoms. The van der Waals surface area contributed by atoms with Crippen LogP contribution in [0.3, 0.4) is 0 Å². The first kappa shape index (κ1) is 23.0. The van der Waals surface area contributed by atoms with Crippen LogP contribution in [0.1, 0.15) is 28.4 Å². The van der Waals surface area contributed by atoms with Crippen molar-refractivity contribution in [2.75, 3.05) is 18.2 Å². The average molecular weight is 459 g/mol. The number of hydrogen-bond donors (Lipinski definition) is 1. The van der Waals surface area contributed by atoms with Gasteiger partial charge in [0.05, 0.1) is 17.9 Å². The summed E-state index contributed by atoms with van der Waals surface area (Å²) >= 11 is 0. The number of carbonyl (C=O) groups is 2. The third-order valence-electron chi connectivity index (χ3n) is 4.30. The maximum atomic E-state index is 12.5. The summed E-state index contributed by atoms with van der Waals surface area (Å²) in [6, 6.07) is 12.0. The molecule has 1 amide bonds. The molecule has 168 valence electrons. The zero-order valence-electron chi connectivity index (χ0n) is 17.4. The van der Waals surface area contributed by atoms with Gasteiger partial charge in [-0.3, -0.25) is 5.32 Å². The first-order chi connectivity index (χ1) is 15.1. The Hall–Kier alpha value is -3.66. The molecular weight excluding hydrogens is 438 g/mol. The van der Waals surface area contributed by atoms with Gasteiger partial charge in [0, 0.05) is 35.0 Å². The van der Waals surface area contributed by atoms with Crippen LogP contribution in [0.25, 0.3) is 11.0 Å². The third-order valence-corrected chi connectivity index (χ3v) is 5.16. The highest BCUT2D eigenvalue weighted by molar-refractivity contribution is 7.89. The first-order valence-electron chi connectivity index (χ1n) is 9.59. The van der Waals surface area contributed by atoms with E-state index in [-0.39, 0.29) is 30.1 Å². The van der Waals surface area contributed by atoms with E-state index in [9.17, 15) is 22.8 Å². The van der Waals surface area contributed by atoms with Crippen molar-refractivity contribution in [1.82, 2.24) is 0 Å². The van der Waals surface area contributed by atoms with Crippen LogP contribution >= 0.6 is 0 Å². The fourth-order valence-corrected chi connectivity index (χ4v) is 3.81. The van der Waals surface area contributed by atoms with Gasteiger partial charge in [0.25, 0.3) is 0 Å². The molecule has 1 aromatic heterocycles. The average Bonchev–Trinajstić information content (AvgIpc) is 2.70. The predicted molar refractivity (Wildman–Crippen MR) is 117 cm³/mol. The minimum absolute atomic E-state index is 0.194. The van der Waals surface area contributed by atoms with E-state index in [2.05, 4.69) is 5.32 Å². The molecule has 1 heterocycles. The van der Waals surface area contributed by atoms with Crippen molar-refractivity contribution in [1.29, 1.82) is 0 Å². The van der Waals surface area contributed by atoms with Gasteiger partial charge in [-0.25, -0.2) is 22.8 Å². The quantitative estimate of drug-likeness (QED) is 0.421. The summed E-state index contributed by atoms with van der Waals surface area (Å²) in [6.07, 6.45) is 0.468. The second-order valence-electron chi connectivity index (χ2n) is 6.99. The van der Waals surface area contributed by atoms with Gasteiger partial charge >= 0.3 is 17.7 Å². The minimum Gasteiger partial charge on any atom is -0.457 e. The lowest BCUT2D eigenvalue weighted by molar-refractivity contribution is 0.0473. The zero-order chi connectivity index (χ0) is 23.3. The van der Waals surface area contributed by atoms with Crippen molar-refractivity contribution in [3.63, 3.8) is 0 Å². The Balaban J connectivity index is 1.79. The van der Waals surface area contributed by atoms with Crippen molar-refractivity contribution >= 4 is 38.6 Å². The van der Waals surface area contributed by atoms with Crippen LogP contribution in [0.5, 0.6) is 0 Å². The molecule has 0 saturated carbocycles. The number of carbonyl (C=O) groups excluding carboxylic acids is 2. The van der Waals surface area contributed by atoms with Crippen LogP contribution in [0.2, 0.25) is 0 Å². The number of anilines is 1. The van der Waals surface area contributed by atoms with E-state index in [1.807, 2.05) is 0 Å². The molecule has 3 aromatic rings. The molecule has 0 atom stereocenters.